The molecule has 0 spiro atoms. The Morgan fingerprint density at radius 2 is 1.80 bits per heavy atom. The summed E-state index contributed by atoms with van der Waals surface area (Å²) in [6.45, 7) is 3.66. The number of aryl methyl sites for hydroxylation is 1. The summed E-state index contributed by atoms with van der Waals surface area (Å²) < 4.78 is 40.4. The van der Waals surface area contributed by atoms with E-state index in [0.717, 1.165) is 23.3 Å². The van der Waals surface area contributed by atoms with Crippen molar-refractivity contribution in [2.75, 3.05) is 33.4 Å². The molecule has 3 atom stereocenters. The van der Waals surface area contributed by atoms with Crippen LogP contribution in [0.5, 0.6) is 0 Å². The van der Waals surface area contributed by atoms with Crippen molar-refractivity contribution in [3.05, 3.63) is 69.7 Å². The van der Waals surface area contributed by atoms with E-state index in [9.17, 15) is 33.0 Å². The number of fused-ring (bicyclic) bond motifs is 1. The average Bonchev–Trinajstić information content (AvgIpc) is 3.18. The van der Waals surface area contributed by atoms with Crippen molar-refractivity contribution in [3.8, 4) is 0 Å². The summed E-state index contributed by atoms with van der Waals surface area (Å²) in [5, 5.41) is 19.5. The minimum atomic E-state index is -4.58. The largest absolute Gasteiger partial charge is 0.416 e. The van der Waals surface area contributed by atoms with Crippen molar-refractivity contribution in [2.24, 2.45) is 5.41 Å². The maximum Gasteiger partial charge on any atom is 0.416 e. The number of piperazine rings is 1. The van der Waals surface area contributed by atoms with Crippen LogP contribution in [0, 0.1) is 12.3 Å². The van der Waals surface area contributed by atoms with Crippen molar-refractivity contribution in [3.63, 3.8) is 0 Å². The maximum absolute atomic E-state index is 14.1. The van der Waals surface area contributed by atoms with Gasteiger partial charge in [0.1, 0.15) is 0 Å². The Hall–Kier alpha value is -2.82. The normalized spacial score (nSPS) is 21.4. The highest BCUT2D eigenvalue weighted by Gasteiger charge is 2.56. The highest BCUT2D eigenvalue weighted by molar-refractivity contribution is 6.30. The first-order chi connectivity index (χ1) is 18.8. The molecular weight excluding hydrogens is 547 g/mol. The number of aliphatic hydroxyl groups excluding tert-OH is 2. The number of alkyl halides is 3. The third-order valence-corrected chi connectivity index (χ3v) is 8.76. The number of benzene rings is 2. The van der Waals surface area contributed by atoms with Gasteiger partial charge in [-0.15, -0.1) is 0 Å². The fraction of sp³-hybridized carbons (Fsp3) is 0.517. The third-order valence-electron chi connectivity index (χ3n) is 8.54. The van der Waals surface area contributed by atoms with Crippen LogP contribution >= 0.6 is 11.6 Å². The number of hydrogen-bond acceptors (Lipinski definition) is 4. The molecule has 0 aliphatic carbocycles. The molecule has 11 heteroatoms. The number of halogens is 4. The topological polar surface area (TPSA) is 84.3 Å². The van der Waals surface area contributed by atoms with Crippen LogP contribution in [0.25, 0.3) is 0 Å². The minimum absolute atomic E-state index is 0.0718. The molecule has 0 radical (unpaired) electrons. The van der Waals surface area contributed by atoms with Crippen LogP contribution in [0.4, 0.5) is 18.0 Å². The zero-order valence-corrected chi connectivity index (χ0v) is 23.5. The second-order valence-corrected chi connectivity index (χ2v) is 11.3. The number of carbonyl (C=O) groups is 2. The molecule has 0 saturated carbocycles. The molecule has 2 heterocycles. The molecule has 0 aromatic heterocycles. The molecular formula is C29H35ClF3N3O4. The lowest BCUT2D eigenvalue weighted by molar-refractivity contribution is -0.140. The van der Waals surface area contributed by atoms with E-state index in [4.69, 9.17) is 11.6 Å². The van der Waals surface area contributed by atoms with Gasteiger partial charge in [0.25, 0.3) is 0 Å². The molecule has 2 N–H and O–H groups in total. The standard InChI is InChI=1S/C29H35ClF3N3O4/c1-18-6-4-5-7-23(18)25-24-17-28(8-12-37,9-13-38)26(39)35(24)10-11-36(25)27(40)34(3)19(2)20-14-21(29(31,32)33)16-22(30)15-20/h4-7,14-16,19,24-25,37-38H,8-13,17H2,1-3H3. The number of amides is 3. The van der Waals surface area contributed by atoms with Crippen molar-refractivity contribution in [2.45, 2.75) is 57.4 Å². The third kappa shape index (κ3) is 5.53. The molecule has 2 aromatic rings. The predicted octanol–water partition coefficient (Wildman–Crippen LogP) is 5.19. The minimum Gasteiger partial charge on any atom is -0.396 e. The number of nitrogens with zero attached hydrogens (tertiary/aromatic N) is 3. The lowest BCUT2D eigenvalue weighted by Gasteiger charge is -2.47. The zero-order chi connectivity index (χ0) is 29.4. The summed E-state index contributed by atoms with van der Waals surface area (Å²) in [6, 6.07) is 8.86. The van der Waals surface area contributed by atoms with Crippen LogP contribution in [0.1, 0.15) is 60.5 Å². The second-order valence-electron chi connectivity index (χ2n) is 10.8. The van der Waals surface area contributed by atoms with Gasteiger partial charge in [0.15, 0.2) is 0 Å². The van der Waals surface area contributed by atoms with Crippen molar-refractivity contribution in [1.82, 2.24) is 14.7 Å². The fourth-order valence-corrected chi connectivity index (χ4v) is 6.50. The van der Waals surface area contributed by atoms with E-state index in [1.165, 1.54) is 11.0 Å². The van der Waals surface area contributed by atoms with Gasteiger partial charge < -0.3 is 24.9 Å². The Kier molecular flexibility index (Phi) is 8.73. The molecule has 2 aliphatic rings. The summed E-state index contributed by atoms with van der Waals surface area (Å²) in [5.74, 6) is -0.133. The van der Waals surface area contributed by atoms with Crippen molar-refractivity contribution < 1.29 is 33.0 Å². The monoisotopic (exact) mass is 581 g/mol. The van der Waals surface area contributed by atoms with Gasteiger partial charge in [0.2, 0.25) is 5.91 Å². The molecule has 40 heavy (non-hydrogen) atoms. The van der Waals surface area contributed by atoms with Crippen LogP contribution in [0.2, 0.25) is 5.02 Å². The van der Waals surface area contributed by atoms with E-state index >= 15 is 0 Å². The van der Waals surface area contributed by atoms with E-state index in [1.807, 2.05) is 31.2 Å². The quantitative estimate of drug-likeness (QED) is 0.471. The first kappa shape index (κ1) is 30.1. The molecule has 2 aliphatic heterocycles. The van der Waals surface area contributed by atoms with Gasteiger partial charge in [0.05, 0.1) is 29.1 Å². The lowest BCUT2D eigenvalue weighted by atomic mass is 9.77. The van der Waals surface area contributed by atoms with Gasteiger partial charge >= 0.3 is 12.2 Å². The van der Waals surface area contributed by atoms with Crippen LogP contribution < -0.4 is 0 Å². The molecule has 2 aromatic carbocycles. The van der Waals surface area contributed by atoms with E-state index in [-0.39, 0.29) is 61.7 Å². The smallest absolute Gasteiger partial charge is 0.396 e. The Balaban J connectivity index is 1.71. The number of hydrogen-bond donors (Lipinski definition) is 2. The SMILES string of the molecule is Cc1ccccc1C1C2CC(CCO)(CCO)C(=O)N2CCN1C(=O)N(C)C(C)c1cc(Cl)cc(C(F)(F)F)c1. The molecule has 2 fully saturated rings. The number of rotatable bonds is 7. The van der Waals surface area contributed by atoms with Gasteiger partial charge in [-0.25, -0.2) is 4.79 Å². The van der Waals surface area contributed by atoms with Gasteiger partial charge in [-0.2, -0.15) is 13.2 Å². The van der Waals surface area contributed by atoms with Crippen LogP contribution in [0.15, 0.2) is 42.5 Å². The number of urea groups is 1. The maximum atomic E-state index is 14.1. The van der Waals surface area contributed by atoms with E-state index < -0.39 is 35.3 Å². The Morgan fingerprint density at radius 1 is 1.15 bits per heavy atom. The van der Waals surface area contributed by atoms with Crippen LogP contribution in [-0.4, -0.2) is 76.2 Å². The molecule has 0 bridgehead atoms. The van der Waals surface area contributed by atoms with E-state index in [1.54, 1.807) is 23.8 Å². The molecule has 3 amide bonds. The Labute approximate surface area is 237 Å². The first-order valence-corrected chi connectivity index (χ1v) is 13.7. The number of carbonyl (C=O) groups excluding carboxylic acids is 2. The molecule has 2 saturated heterocycles. The van der Waals surface area contributed by atoms with Gasteiger partial charge in [0, 0.05) is 38.4 Å². The average molecular weight is 582 g/mol. The van der Waals surface area contributed by atoms with Crippen molar-refractivity contribution >= 4 is 23.5 Å². The highest BCUT2D eigenvalue weighted by atomic mass is 35.5. The Bertz CT molecular complexity index is 1250. The lowest BCUT2D eigenvalue weighted by Crippen LogP contribution is -2.57. The summed E-state index contributed by atoms with van der Waals surface area (Å²) in [6.07, 6.45) is -3.81. The van der Waals surface area contributed by atoms with Crippen LogP contribution in [-0.2, 0) is 11.0 Å². The molecule has 4 rings (SSSR count). The van der Waals surface area contributed by atoms with Gasteiger partial charge in [-0.05, 0) is 68.0 Å². The zero-order valence-electron chi connectivity index (χ0n) is 22.8. The fourth-order valence-electron chi connectivity index (χ4n) is 6.25. The van der Waals surface area contributed by atoms with E-state index in [0.29, 0.717) is 6.42 Å². The summed E-state index contributed by atoms with van der Waals surface area (Å²) in [7, 11) is 1.55. The second kappa shape index (κ2) is 11.6. The molecule has 7 nitrogen and oxygen atoms in total. The number of aliphatic hydroxyl groups is 2. The van der Waals surface area contributed by atoms with Gasteiger partial charge in [-0.3, -0.25) is 4.79 Å². The Morgan fingerprint density at radius 3 is 2.40 bits per heavy atom. The summed E-state index contributed by atoms with van der Waals surface area (Å²) >= 11 is 6.02. The van der Waals surface area contributed by atoms with Crippen LogP contribution in [0.3, 0.4) is 0 Å². The molecule has 218 valence electrons. The van der Waals surface area contributed by atoms with Crippen molar-refractivity contribution in [1.29, 1.82) is 0 Å². The summed E-state index contributed by atoms with van der Waals surface area (Å²) in [4.78, 5) is 32.6. The van der Waals surface area contributed by atoms with Gasteiger partial charge in [-0.1, -0.05) is 35.9 Å². The van der Waals surface area contributed by atoms with E-state index in [2.05, 4.69) is 0 Å². The highest BCUT2D eigenvalue weighted by Crippen LogP contribution is 2.49. The first-order valence-electron chi connectivity index (χ1n) is 13.3. The molecule has 3 unspecified atom stereocenters. The summed E-state index contributed by atoms with van der Waals surface area (Å²) in [5.41, 5.74) is 0.236. The predicted molar refractivity (Wildman–Crippen MR) is 145 cm³/mol.